The fourth-order valence-electron chi connectivity index (χ4n) is 1.73. The third-order valence-corrected chi connectivity index (χ3v) is 4.21. The van der Waals surface area contributed by atoms with Gasteiger partial charge in [0.05, 0.1) is 22.2 Å². The summed E-state index contributed by atoms with van der Waals surface area (Å²) in [5, 5.41) is 6.31. The Labute approximate surface area is 148 Å². The Hall–Kier alpha value is -1.69. The molecule has 2 aromatic rings. The van der Waals surface area contributed by atoms with E-state index in [4.69, 9.17) is 23.2 Å². The molecule has 2 rings (SSSR count). The van der Waals surface area contributed by atoms with E-state index in [9.17, 15) is 9.59 Å². The van der Waals surface area contributed by atoms with Gasteiger partial charge in [-0.15, -0.1) is 11.8 Å². The number of carbonyl (C=O) groups is 2. The first-order valence-corrected chi connectivity index (χ1v) is 8.63. The lowest BCUT2D eigenvalue weighted by Gasteiger charge is -2.08. The first-order valence-electron chi connectivity index (χ1n) is 6.72. The molecule has 0 saturated heterocycles. The quantitative estimate of drug-likeness (QED) is 0.798. The number of hydrogen-bond donors (Lipinski definition) is 2. The molecule has 0 heterocycles. The van der Waals surface area contributed by atoms with Gasteiger partial charge in [-0.3, -0.25) is 9.59 Å². The highest BCUT2D eigenvalue weighted by Gasteiger charge is 2.08. The fourth-order valence-corrected chi connectivity index (χ4v) is 2.81. The van der Waals surface area contributed by atoms with E-state index in [-0.39, 0.29) is 23.3 Å². The molecule has 0 saturated carbocycles. The molecular weight excluding hydrogens is 355 g/mol. The molecular formula is C16H14Cl2N2O2S. The van der Waals surface area contributed by atoms with E-state index in [1.807, 2.05) is 18.2 Å². The monoisotopic (exact) mass is 368 g/mol. The number of carbonyl (C=O) groups excluding carboxylic acids is 2. The Kier molecular flexibility index (Phi) is 6.77. The number of hydrogen-bond acceptors (Lipinski definition) is 3. The zero-order valence-corrected chi connectivity index (χ0v) is 14.3. The van der Waals surface area contributed by atoms with Gasteiger partial charge in [0.2, 0.25) is 11.8 Å². The van der Waals surface area contributed by atoms with Crippen molar-refractivity contribution in [1.29, 1.82) is 0 Å². The number of rotatable bonds is 6. The Morgan fingerprint density at radius 1 is 0.913 bits per heavy atom. The molecule has 0 aliphatic heterocycles. The lowest BCUT2D eigenvalue weighted by Crippen LogP contribution is -2.18. The summed E-state index contributed by atoms with van der Waals surface area (Å²) in [6.45, 7) is 0. The van der Waals surface area contributed by atoms with E-state index in [0.29, 0.717) is 15.7 Å². The molecule has 4 nitrogen and oxygen atoms in total. The SMILES string of the molecule is O=C(CSCC(=O)Nc1ccc(Cl)cc1Cl)Nc1ccccc1. The number of para-hydroxylation sites is 1. The van der Waals surface area contributed by atoms with Crippen molar-refractivity contribution in [2.24, 2.45) is 0 Å². The van der Waals surface area contributed by atoms with Gasteiger partial charge in [0, 0.05) is 10.7 Å². The van der Waals surface area contributed by atoms with Crippen LogP contribution in [0, 0.1) is 0 Å². The maximum absolute atomic E-state index is 11.8. The minimum atomic E-state index is -0.230. The van der Waals surface area contributed by atoms with Crippen LogP contribution in [-0.2, 0) is 9.59 Å². The summed E-state index contributed by atoms with van der Waals surface area (Å²) in [6, 6.07) is 14.0. The van der Waals surface area contributed by atoms with E-state index in [0.717, 1.165) is 5.69 Å². The predicted octanol–water partition coefficient (Wildman–Crippen LogP) is 4.30. The summed E-state index contributed by atoms with van der Waals surface area (Å²) in [7, 11) is 0. The smallest absolute Gasteiger partial charge is 0.234 e. The molecule has 0 atom stereocenters. The van der Waals surface area contributed by atoms with Crippen LogP contribution in [-0.4, -0.2) is 23.3 Å². The van der Waals surface area contributed by atoms with Crippen LogP contribution in [0.15, 0.2) is 48.5 Å². The highest BCUT2D eigenvalue weighted by atomic mass is 35.5. The fraction of sp³-hybridized carbons (Fsp3) is 0.125. The Bertz CT molecular complexity index is 696. The van der Waals surface area contributed by atoms with E-state index in [2.05, 4.69) is 10.6 Å². The van der Waals surface area contributed by atoms with Crippen LogP contribution in [0.3, 0.4) is 0 Å². The molecule has 0 aromatic heterocycles. The molecule has 120 valence electrons. The molecule has 2 aromatic carbocycles. The third-order valence-electron chi connectivity index (χ3n) is 2.73. The van der Waals surface area contributed by atoms with E-state index in [1.54, 1.807) is 30.3 Å². The summed E-state index contributed by atoms with van der Waals surface area (Å²) in [5.41, 5.74) is 1.23. The van der Waals surface area contributed by atoms with Gasteiger partial charge < -0.3 is 10.6 Å². The van der Waals surface area contributed by atoms with Crippen molar-refractivity contribution in [3.63, 3.8) is 0 Å². The molecule has 2 N–H and O–H groups in total. The molecule has 7 heteroatoms. The third kappa shape index (κ3) is 6.14. The van der Waals surface area contributed by atoms with Gasteiger partial charge in [-0.05, 0) is 30.3 Å². The maximum Gasteiger partial charge on any atom is 0.234 e. The highest BCUT2D eigenvalue weighted by molar-refractivity contribution is 8.00. The van der Waals surface area contributed by atoms with Crippen LogP contribution in [0.2, 0.25) is 10.0 Å². The normalized spacial score (nSPS) is 10.2. The van der Waals surface area contributed by atoms with Gasteiger partial charge in [-0.1, -0.05) is 41.4 Å². The van der Waals surface area contributed by atoms with Crippen LogP contribution < -0.4 is 10.6 Å². The predicted molar refractivity (Wildman–Crippen MR) is 97.5 cm³/mol. The zero-order valence-electron chi connectivity index (χ0n) is 12.0. The molecule has 0 aliphatic rings. The summed E-state index contributed by atoms with van der Waals surface area (Å²) in [5.74, 6) is -0.0390. The molecule has 0 spiro atoms. The van der Waals surface area contributed by atoms with Crippen molar-refractivity contribution < 1.29 is 9.59 Å². The molecule has 0 aliphatic carbocycles. The minimum absolute atomic E-state index is 0.154. The second-order valence-electron chi connectivity index (χ2n) is 4.58. The van der Waals surface area contributed by atoms with E-state index < -0.39 is 0 Å². The van der Waals surface area contributed by atoms with Crippen molar-refractivity contribution in [2.75, 3.05) is 22.1 Å². The van der Waals surface area contributed by atoms with Crippen molar-refractivity contribution in [3.05, 3.63) is 58.6 Å². The summed E-state index contributed by atoms with van der Waals surface area (Å²) < 4.78 is 0. The summed E-state index contributed by atoms with van der Waals surface area (Å²) >= 11 is 13.0. The average molecular weight is 369 g/mol. The van der Waals surface area contributed by atoms with Gasteiger partial charge in [-0.2, -0.15) is 0 Å². The Morgan fingerprint density at radius 2 is 1.57 bits per heavy atom. The van der Waals surface area contributed by atoms with Crippen LogP contribution in [0.25, 0.3) is 0 Å². The van der Waals surface area contributed by atoms with Crippen molar-refractivity contribution in [3.8, 4) is 0 Å². The van der Waals surface area contributed by atoms with Gasteiger partial charge in [0.15, 0.2) is 0 Å². The number of nitrogens with one attached hydrogen (secondary N) is 2. The number of anilines is 2. The minimum Gasteiger partial charge on any atom is -0.325 e. The van der Waals surface area contributed by atoms with Gasteiger partial charge >= 0.3 is 0 Å². The topological polar surface area (TPSA) is 58.2 Å². The van der Waals surface area contributed by atoms with Crippen LogP contribution >= 0.6 is 35.0 Å². The number of halogens is 2. The zero-order chi connectivity index (χ0) is 16.7. The average Bonchev–Trinajstić information content (AvgIpc) is 2.51. The largest absolute Gasteiger partial charge is 0.325 e. The van der Waals surface area contributed by atoms with E-state index in [1.165, 1.54) is 11.8 Å². The molecule has 0 fully saturated rings. The summed E-state index contributed by atoms with van der Waals surface area (Å²) in [4.78, 5) is 23.6. The molecule has 0 unspecified atom stereocenters. The number of thioether (sulfide) groups is 1. The van der Waals surface area contributed by atoms with Gasteiger partial charge in [0.25, 0.3) is 0 Å². The lowest BCUT2D eigenvalue weighted by atomic mass is 10.3. The maximum atomic E-state index is 11.8. The molecule has 23 heavy (non-hydrogen) atoms. The number of amides is 2. The lowest BCUT2D eigenvalue weighted by molar-refractivity contribution is -0.114. The van der Waals surface area contributed by atoms with Crippen molar-refractivity contribution in [1.82, 2.24) is 0 Å². The van der Waals surface area contributed by atoms with Crippen molar-refractivity contribution >= 4 is 58.2 Å². The van der Waals surface area contributed by atoms with Gasteiger partial charge in [0.1, 0.15) is 0 Å². The van der Waals surface area contributed by atoms with E-state index >= 15 is 0 Å². The second-order valence-corrected chi connectivity index (χ2v) is 6.41. The Morgan fingerprint density at radius 3 is 2.22 bits per heavy atom. The number of benzene rings is 2. The molecule has 0 radical (unpaired) electrons. The van der Waals surface area contributed by atoms with Gasteiger partial charge in [-0.25, -0.2) is 0 Å². The first kappa shape index (κ1) is 17.7. The second kappa shape index (κ2) is 8.82. The summed E-state index contributed by atoms with van der Waals surface area (Å²) in [6.07, 6.45) is 0. The molecule has 2 amide bonds. The first-order chi connectivity index (χ1) is 11.0. The highest BCUT2D eigenvalue weighted by Crippen LogP contribution is 2.25. The van der Waals surface area contributed by atoms with Crippen LogP contribution in [0.1, 0.15) is 0 Å². The standard InChI is InChI=1S/C16H14Cl2N2O2S/c17-11-6-7-14(13(18)8-11)20-16(22)10-23-9-15(21)19-12-4-2-1-3-5-12/h1-8H,9-10H2,(H,19,21)(H,20,22). The molecule has 0 bridgehead atoms. The van der Waals surface area contributed by atoms with Crippen LogP contribution in [0.5, 0.6) is 0 Å². The van der Waals surface area contributed by atoms with Crippen LogP contribution in [0.4, 0.5) is 11.4 Å². The van der Waals surface area contributed by atoms with Crippen molar-refractivity contribution in [2.45, 2.75) is 0 Å². The Balaban J connectivity index is 1.73.